The van der Waals surface area contributed by atoms with Gasteiger partial charge in [0.25, 0.3) is 0 Å². The fourth-order valence-electron chi connectivity index (χ4n) is 2.60. The van der Waals surface area contributed by atoms with Gasteiger partial charge in [-0.25, -0.2) is 23.1 Å². The van der Waals surface area contributed by atoms with Crippen LogP contribution in [0.5, 0.6) is 0 Å². The van der Waals surface area contributed by atoms with Gasteiger partial charge in [-0.3, -0.25) is 0 Å². The summed E-state index contributed by atoms with van der Waals surface area (Å²) in [4.78, 5) is 5.57. The van der Waals surface area contributed by atoms with E-state index in [9.17, 15) is 8.42 Å². The predicted molar refractivity (Wildman–Crippen MR) is 104 cm³/mol. The lowest BCUT2D eigenvalue weighted by atomic mass is 9.93. The topological polar surface area (TPSA) is 102 Å². The first-order chi connectivity index (χ1) is 12.1. The van der Waals surface area contributed by atoms with E-state index < -0.39 is 10.0 Å². The van der Waals surface area contributed by atoms with Crippen LogP contribution in [0.4, 0.5) is 5.13 Å². The maximum atomic E-state index is 11.6. The Morgan fingerprint density at radius 1 is 1.35 bits per heavy atom. The van der Waals surface area contributed by atoms with Crippen LogP contribution in [-0.2, 0) is 15.4 Å². The van der Waals surface area contributed by atoms with Crippen molar-refractivity contribution in [2.75, 3.05) is 5.32 Å². The molecule has 0 amide bonds. The molecule has 3 aromatic rings. The van der Waals surface area contributed by atoms with Crippen molar-refractivity contribution in [1.82, 2.24) is 14.6 Å². The van der Waals surface area contributed by atoms with E-state index in [0.717, 1.165) is 27.8 Å². The number of nitrogens with two attached hydrogens (primary N) is 1. The SMILES string of the molecule is CCC(Nc1nn2cc(C(C)(C)C)nc2s1)c1cccc(S(N)(=O)=O)c1. The maximum absolute atomic E-state index is 11.6. The molecule has 26 heavy (non-hydrogen) atoms. The van der Waals surface area contributed by atoms with Gasteiger partial charge < -0.3 is 5.32 Å². The number of hydrogen-bond donors (Lipinski definition) is 2. The zero-order chi connectivity index (χ0) is 19.1. The second-order valence-corrected chi connectivity index (χ2v) is 9.75. The van der Waals surface area contributed by atoms with Crippen molar-refractivity contribution in [2.24, 2.45) is 5.14 Å². The summed E-state index contributed by atoms with van der Waals surface area (Å²) in [5.74, 6) is 0. The second kappa shape index (κ2) is 6.64. The van der Waals surface area contributed by atoms with E-state index in [0.29, 0.717) is 0 Å². The Morgan fingerprint density at radius 3 is 2.65 bits per heavy atom. The fraction of sp³-hybridized carbons (Fsp3) is 0.412. The zero-order valence-corrected chi connectivity index (χ0v) is 16.9. The number of imidazole rings is 1. The summed E-state index contributed by atoms with van der Waals surface area (Å²) < 4.78 is 24.9. The number of anilines is 1. The van der Waals surface area contributed by atoms with E-state index in [2.05, 4.69) is 36.2 Å². The number of primary sulfonamides is 1. The highest BCUT2D eigenvalue weighted by Gasteiger charge is 2.20. The number of benzene rings is 1. The largest absolute Gasteiger partial charge is 0.353 e. The minimum atomic E-state index is -3.73. The molecule has 0 aliphatic rings. The van der Waals surface area contributed by atoms with Gasteiger partial charge in [-0.15, -0.1) is 5.10 Å². The molecule has 0 saturated carbocycles. The molecule has 3 N–H and O–H groups in total. The van der Waals surface area contributed by atoms with Gasteiger partial charge in [0.05, 0.1) is 22.8 Å². The molecular weight excluding hydrogens is 370 g/mol. The third-order valence-electron chi connectivity index (χ3n) is 4.11. The molecule has 1 atom stereocenters. The first-order valence-corrected chi connectivity index (χ1v) is 10.7. The van der Waals surface area contributed by atoms with E-state index in [4.69, 9.17) is 5.14 Å². The number of rotatable bonds is 5. The van der Waals surface area contributed by atoms with Crippen LogP contribution >= 0.6 is 11.3 Å². The van der Waals surface area contributed by atoms with Crippen LogP contribution in [-0.4, -0.2) is 23.0 Å². The van der Waals surface area contributed by atoms with Gasteiger partial charge in [0.1, 0.15) is 0 Å². The molecule has 2 aromatic heterocycles. The van der Waals surface area contributed by atoms with Crippen LogP contribution in [0.3, 0.4) is 0 Å². The third kappa shape index (κ3) is 3.89. The van der Waals surface area contributed by atoms with E-state index in [1.54, 1.807) is 16.6 Å². The Balaban J connectivity index is 1.87. The molecule has 0 aliphatic carbocycles. The van der Waals surface area contributed by atoms with Crippen molar-refractivity contribution in [3.63, 3.8) is 0 Å². The highest BCUT2D eigenvalue weighted by atomic mass is 32.2. The number of nitrogens with one attached hydrogen (secondary N) is 1. The lowest BCUT2D eigenvalue weighted by Crippen LogP contribution is -2.14. The number of aromatic nitrogens is 3. The van der Waals surface area contributed by atoms with Crippen LogP contribution in [0.15, 0.2) is 35.4 Å². The number of nitrogens with zero attached hydrogens (tertiary/aromatic N) is 3. The van der Waals surface area contributed by atoms with Crippen LogP contribution in [0.2, 0.25) is 0 Å². The van der Waals surface area contributed by atoms with E-state index in [1.165, 1.54) is 17.4 Å². The number of hydrogen-bond acceptors (Lipinski definition) is 6. The van der Waals surface area contributed by atoms with Crippen LogP contribution in [0.1, 0.15) is 51.4 Å². The van der Waals surface area contributed by atoms with Gasteiger partial charge in [0, 0.05) is 5.41 Å². The maximum Gasteiger partial charge on any atom is 0.238 e. The molecule has 1 aromatic carbocycles. The summed E-state index contributed by atoms with van der Waals surface area (Å²) in [7, 11) is -3.73. The lowest BCUT2D eigenvalue weighted by molar-refractivity contribution is 0.572. The monoisotopic (exact) mass is 393 g/mol. The smallest absolute Gasteiger partial charge is 0.238 e. The molecule has 0 radical (unpaired) electrons. The van der Waals surface area contributed by atoms with Crippen LogP contribution in [0, 0.1) is 0 Å². The molecule has 3 rings (SSSR count). The normalized spacial score (nSPS) is 13.9. The van der Waals surface area contributed by atoms with Gasteiger partial charge in [-0.2, -0.15) is 0 Å². The highest BCUT2D eigenvalue weighted by molar-refractivity contribution is 7.89. The molecule has 9 heteroatoms. The minimum absolute atomic E-state index is 0.0267. The average molecular weight is 394 g/mol. The molecule has 2 heterocycles. The molecule has 0 bridgehead atoms. The quantitative estimate of drug-likeness (QED) is 0.692. The van der Waals surface area contributed by atoms with Crippen molar-refractivity contribution in [1.29, 1.82) is 0 Å². The molecular formula is C17H23N5O2S2. The molecule has 140 valence electrons. The summed E-state index contributed by atoms with van der Waals surface area (Å²) in [5.41, 5.74) is 1.82. The Hall–Kier alpha value is -1.97. The van der Waals surface area contributed by atoms with E-state index in [1.807, 2.05) is 19.2 Å². The first kappa shape index (κ1) is 18.8. The molecule has 0 aliphatic heterocycles. The van der Waals surface area contributed by atoms with Crippen molar-refractivity contribution in [2.45, 2.75) is 50.5 Å². The summed E-state index contributed by atoms with van der Waals surface area (Å²) in [5, 5.41) is 13.9. The summed E-state index contributed by atoms with van der Waals surface area (Å²) in [6.07, 6.45) is 2.71. The van der Waals surface area contributed by atoms with Gasteiger partial charge in [0.15, 0.2) is 0 Å². The first-order valence-electron chi connectivity index (χ1n) is 8.34. The lowest BCUT2D eigenvalue weighted by Gasteiger charge is -2.17. The van der Waals surface area contributed by atoms with E-state index in [-0.39, 0.29) is 16.4 Å². The van der Waals surface area contributed by atoms with Gasteiger partial charge in [0.2, 0.25) is 20.1 Å². The Labute approximate surface area is 157 Å². The number of sulfonamides is 1. The number of fused-ring (bicyclic) bond motifs is 1. The average Bonchev–Trinajstić information content (AvgIpc) is 3.10. The second-order valence-electron chi connectivity index (χ2n) is 7.23. The van der Waals surface area contributed by atoms with Gasteiger partial charge in [-0.05, 0) is 24.1 Å². The highest BCUT2D eigenvalue weighted by Crippen LogP contribution is 2.29. The molecule has 0 saturated heterocycles. The van der Waals surface area contributed by atoms with Gasteiger partial charge in [-0.1, -0.05) is 51.2 Å². The molecule has 1 unspecified atom stereocenters. The fourth-order valence-corrected chi connectivity index (χ4v) is 4.00. The van der Waals surface area contributed by atoms with Crippen molar-refractivity contribution in [3.05, 3.63) is 41.7 Å². The molecule has 0 spiro atoms. The van der Waals surface area contributed by atoms with E-state index >= 15 is 0 Å². The Bertz CT molecular complexity index is 1000. The van der Waals surface area contributed by atoms with Crippen molar-refractivity contribution >= 4 is 31.5 Å². The summed E-state index contributed by atoms with van der Waals surface area (Å²) in [6.45, 7) is 8.37. The Kier molecular flexibility index (Phi) is 4.80. The zero-order valence-electron chi connectivity index (χ0n) is 15.2. The van der Waals surface area contributed by atoms with Crippen LogP contribution < -0.4 is 10.5 Å². The Morgan fingerprint density at radius 2 is 2.08 bits per heavy atom. The standard InChI is InChI=1S/C17H23N5O2S2/c1-5-13(11-7-6-8-12(9-11)26(18,23)24)19-15-21-22-10-14(17(2,3)4)20-16(22)25-15/h6-10,13H,5H2,1-4H3,(H,19,21)(H2,18,23,24). The summed E-state index contributed by atoms with van der Waals surface area (Å²) >= 11 is 1.47. The minimum Gasteiger partial charge on any atom is -0.353 e. The van der Waals surface area contributed by atoms with Gasteiger partial charge >= 0.3 is 0 Å². The molecule has 0 fully saturated rings. The van der Waals surface area contributed by atoms with Crippen LogP contribution in [0.25, 0.3) is 4.96 Å². The third-order valence-corrected chi connectivity index (χ3v) is 5.87. The van der Waals surface area contributed by atoms with Crippen molar-refractivity contribution < 1.29 is 8.42 Å². The van der Waals surface area contributed by atoms with Crippen molar-refractivity contribution in [3.8, 4) is 0 Å². The summed E-state index contributed by atoms with van der Waals surface area (Å²) in [6, 6.07) is 6.61. The molecule has 7 nitrogen and oxygen atoms in total. The predicted octanol–water partition coefficient (Wildman–Crippen LogP) is 3.30.